The molecular weight excluding hydrogens is 226 g/mol. The summed E-state index contributed by atoms with van der Waals surface area (Å²) in [4.78, 5) is 0. The predicted octanol–water partition coefficient (Wildman–Crippen LogP) is 1.52. The van der Waals surface area contributed by atoms with Gasteiger partial charge >= 0.3 is 0 Å². The number of aliphatic hydroxyl groups is 1. The molecule has 3 rings (SSSR count). The third-order valence-corrected chi connectivity index (χ3v) is 3.86. The van der Waals surface area contributed by atoms with E-state index in [1.165, 1.54) is 24.0 Å². The molecule has 1 saturated carbocycles. The topological polar surface area (TPSA) is 41.5 Å². The van der Waals surface area contributed by atoms with Crippen molar-refractivity contribution in [1.82, 2.24) is 5.32 Å². The molecule has 1 unspecified atom stereocenters. The number of nitrogens with one attached hydrogen (secondary N) is 1. The van der Waals surface area contributed by atoms with Crippen molar-refractivity contribution in [3.63, 3.8) is 0 Å². The summed E-state index contributed by atoms with van der Waals surface area (Å²) < 4.78 is 5.50. The second-order valence-corrected chi connectivity index (χ2v) is 5.40. The van der Waals surface area contributed by atoms with E-state index in [1.807, 2.05) is 0 Å². The van der Waals surface area contributed by atoms with Gasteiger partial charge in [0.1, 0.15) is 5.75 Å². The van der Waals surface area contributed by atoms with Crippen LogP contribution in [0.15, 0.2) is 18.2 Å². The van der Waals surface area contributed by atoms with Gasteiger partial charge < -0.3 is 15.2 Å². The van der Waals surface area contributed by atoms with Crippen molar-refractivity contribution >= 4 is 0 Å². The second-order valence-electron chi connectivity index (χ2n) is 5.40. The van der Waals surface area contributed by atoms with Gasteiger partial charge in [-0.05, 0) is 48.9 Å². The molecule has 18 heavy (non-hydrogen) atoms. The van der Waals surface area contributed by atoms with Crippen molar-refractivity contribution in [2.45, 2.75) is 31.8 Å². The Bertz CT molecular complexity index is 415. The van der Waals surface area contributed by atoms with E-state index >= 15 is 0 Å². The van der Waals surface area contributed by atoms with Gasteiger partial charge in [-0.15, -0.1) is 0 Å². The van der Waals surface area contributed by atoms with E-state index in [0.29, 0.717) is 5.92 Å². The molecule has 2 aliphatic rings. The highest BCUT2D eigenvalue weighted by molar-refractivity contribution is 5.39. The Balaban J connectivity index is 1.42. The fraction of sp³-hybridized carbons (Fsp3) is 0.600. The molecule has 1 atom stereocenters. The predicted molar refractivity (Wildman–Crippen MR) is 70.9 cm³/mol. The highest BCUT2D eigenvalue weighted by Crippen LogP contribution is 2.32. The van der Waals surface area contributed by atoms with Gasteiger partial charge in [0.05, 0.1) is 12.7 Å². The molecule has 98 valence electrons. The van der Waals surface area contributed by atoms with E-state index in [0.717, 1.165) is 38.3 Å². The molecular formula is C15H21NO2. The highest BCUT2D eigenvalue weighted by Gasteiger charge is 2.28. The first-order chi connectivity index (χ1) is 8.83. The van der Waals surface area contributed by atoms with Crippen LogP contribution >= 0.6 is 0 Å². The van der Waals surface area contributed by atoms with Crippen LogP contribution in [0.3, 0.4) is 0 Å². The van der Waals surface area contributed by atoms with Crippen LogP contribution in [0.1, 0.15) is 24.0 Å². The largest absolute Gasteiger partial charge is 0.493 e. The van der Waals surface area contributed by atoms with E-state index in [4.69, 9.17) is 4.74 Å². The van der Waals surface area contributed by atoms with Crippen LogP contribution < -0.4 is 10.1 Å². The molecule has 0 spiro atoms. The standard InChI is InChI=1S/C15H21NO2/c17-14(12-2-3-12)10-16-7-5-11-1-4-15-13(9-11)6-8-18-15/h1,4,9,12,14,16-17H,2-3,5-8,10H2. The lowest BCUT2D eigenvalue weighted by molar-refractivity contribution is 0.149. The van der Waals surface area contributed by atoms with Crippen LogP contribution in [0, 0.1) is 5.92 Å². The van der Waals surface area contributed by atoms with Gasteiger partial charge in [-0.1, -0.05) is 12.1 Å². The van der Waals surface area contributed by atoms with Gasteiger partial charge in [0, 0.05) is 13.0 Å². The fourth-order valence-corrected chi connectivity index (χ4v) is 2.53. The summed E-state index contributed by atoms with van der Waals surface area (Å²) in [5, 5.41) is 13.1. The van der Waals surface area contributed by atoms with Gasteiger partial charge in [-0.25, -0.2) is 0 Å². The minimum absolute atomic E-state index is 0.140. The lowest BCUT2D eigenvalue weighted by atomic mass is 10.1. The first-order valence-electron chi connectivity index (χ1n) is 6.96. The number of fused-ring (bicyclic) bond motifs is 1. The molecule has 2 N–H and O–H groups in total. The second kappa shape index (κ2) is 5.29. The van der Waals surface area contributed by atoms with Crippen LogP contribution in [-0.4, -0.2) is 30.9 Å². The zero-order valence-electron chi connectivity index (χ0n) is 10.7. The molecule has 3 heteroatoms. The Labute approximate surface area is 108 Å². The maximum atomic E-state index is 9.73. The van der Waals surface area contributed by atoms with E-state index in [9.17, 15) is 5.11 Å². The summed E-state index contributed by atoms with van der Waals surface area (Å²) in [6.07, 6.45) is 4.32. The normalized spacial score (nSPS) is 19.4. The number of hydrogen-bond donors (Lipinski definition) is 2. The van der Waals surface area contributed by atoms with Crippen LogP contribution in [0.5, 0.6) is 5.75 Å². The molecule has 1 aromatic carbocycles. The summed E-state index contributed by atoms with van der Waals surface area (Å²) in [7, 11) is 0. The molecule has 0 amide bonds. The zero-order chi connectivity index (χ0) is 12.4. The van der Waals surface area contributed by atoms with Crippen LogP contribution in [0.2, 0.25) is 0 Å². The molecule has 1 fully saturated rings. The number of benzene rings is 1. The molecule has 1 aliphatic heterocycles. The smallest absolute Gasteiger partial charge is 0.122 e. The number of rotatable bonds is 6. The SMILES string of the molecule is OC(CNCCc1ccc2c(c1)CCO2)C1CC1. The number of ether oxygens (including phenoxy) is 1. The van der Waals surface area contributed by atoms with Crippen molar-refractivity contribution in [3.8, 4) is 5.75 Å². The fourth-order valence-electron chi connectivity index (χ4n) is 2.53. The third kappa shape index (κ3) is 2.85. The molecule has 0 aromatic heterocycles. The molecule has 1 aromatic rings. The van der Waals surface area contributed by atoms with Crippen LogP contribution in [0.4, 0.5) is 0 Å². The lowest BCUT2D eigenvalue weighted by Crippen LogP contribution is -2.29. The Morgan fingerprint density at radius 3 is 3.11 bits per heavy atom. The van der Waals surface area contributed by atoms with Gasteiger partial charge in [-0.3, -0.25) is 0 Å². The zero-order valence-corrected chi connectivity index (χ0v) is 10.7. The summed E-state index contributed by atoms with van der Waals surface area (Å²) in [5.74, 6) is 1.62. The summed E-state index contributed by atoms with van der Waals surface area (Å²) in [6, 6.07) is 6.47. The van der Waals surface area contributed by atoms with Crippen molar-refractivity contribution < 1.29 is 9.84 Å². The van der Waals surface area contributed by atoms with Gasteiger partial charge in [-0.2, -0.15) is 0 Å². The Hall–Kier alpha value is -1.06. The first kappa shape index (κ1) is 12.0. The molecule has 0 bridgehead atoms. The van der Waals surface area contributed by atoms with Gasteiger partial charge in [0.25, 0.3) is 0 Å². The average Bonchev–Trinajstić information content (AvgIpc) is 3.13. The summed E-state index contributed by atoms with van der Waals surface area (Å²) >= 11 is 0. The third-order valence-electron chi connectivity index (χ3n) is 3.86. The van der Waals surface area contributed by atoms with Gasteiger partial charge in [0.15, 0.2) is 0 Å². The minimum Gasteiger partial charge on any atom is -0.493 e. The monoisotopic (exact) mass is 247 g/mol. The Morgan fingerprint density at radius 2 is 2.28 bits per heavy atom. The van der Waals surface area contributed by atoms with Crippen LogP contribution in [0.25, 0.3) is 0 Å². The van der Waals surface area contributed by atoms with E-state index in [2.05, 4.69) is 23.5 Å². The molecule has 1 aliphatic carbocycles. The molecule has 0 saturated heterocycles. The van der Waals surface area contributed by atoms with Crippen molar-refractivity contribution in [2.75, 3.05) is 19.7 Å². The molecule has 3 nitrogen and oxygen atoms in total. The summed E-state index contributed by atoms with van der Waals surface area (Å²) in [6.45, 7) is 2.49. The summed E-state index contributed by atoms with van der Waals surface area (Å²) in [5.41, 5.74) is 2.69. The van der Waals surface area contributed by atoms with E-state index < -0.39 is 0 Å². The van der Waals surface area contributed by atoms with Crippen molar-refractivity contribution in [3.05, 3.63) is 29.3 Å². The quantitative estimate of drug-likeness (QED) is 0.749. The number of hydrogen-bond acceptors (Lipinski definition) is 3. The Kier molecular flexibility index (Phi) is 3.52. The number of aliphatic hydroxyl groups excluding tert-OH is 1. The Morgan fingerprint density at radius 1 is 1.39 bits per heavy atom. The lowest BCUT2D eigenvalue weighted by Gasteiger charge is -2.10. The average molecular weight is 247 g/mol. The molecule has 0 radical (unpaired) electrons. The molecule has 1 heterocycles. The highest BCUT2D eigenvalue weighted by atomic mass is 16.5. The maximum absolute atomic E-state index is 9.73. The first-order valence-corrected chi connectivity index (χ1v) is 6.96. The van der Waals surface area contributed by atoms with Gasteiger partial charge in [0.2, 0.25) is 0 Å². The van der Waals surface area contributed by atoms with Crippen molar-refractivity contribution in [1.29, 1.82) is 0 Å². The van der Waals surface area contributed by atoms with E-state index in [-0.39, 0.29) is 6.10 Å². The minimum atomic E-state index is -0.140. The maximum Gasteiger partial charge on any atom is 0.122 e. The van der Waals surface area contributed by atoms with Crippen LogP contribution in [-0.2, 0) is 12.8 Å². The van der Waals surface area contributed by atoms with E-state index in [1.54, 1.807) is 0 Å². The van der Waals surface area contributed by atoms with Crippen molar-refractivity contribution in [2.24, 2.45) is 5.92 Å².